The van der Waals surface area contributed by atoms with Crippen molar-refractivity contribution in [3.8, 4) is 0 Å². The van der Waals surface area contributed by atoms with E-state index in [0.717, 1.165) is 24.1 Å². The van der Waals surface area contributed by atoms with Crippen molar-refractivity contribution in [2.45, 2.75) is 32.5 Å². The van der Waals surface area contributed by atoms with Crippen molar-refractivity contribution < 1.29 is 13.2 Å². The van der Waals surface area contributed by atoms with Crippen LogP contribution in [0.5, 0.6) is 0 Å². The standard InChI is InChI=1S/C10H16F3N3/c1-3-4-5-14-6-8-7-15-16(2)9(8)10(11,12)13/h7,14H,3-6H2,1-2H3. The summed E-state index contributed by atoms with van der Waals surface area (Å²) in [6.07, 6.45) is -1.09. The van der Waals surface area contributed by atoms with Gasteiger partial charge in [-0.15, -0.1) is 0 Å². The zero-order chi connectivity index (χ0) is 12.2. The lowest BCUT2D eigenvalue weighted by atomic mass is 10.2. The maximum Gasteiger partial charge on any atom is 0.433 e. The molecule has 1 aromatic rings. The summed E-state index contributed by atoms with van der Waals surface area (Å²) in [5.41, 5.74) is -0.470. The summed E-state index contributed by atoms with van der Waals surface area (Å²) in [5, 5.41) is 6.61. The van der Waals surface area contributed by atoms with Crippen LogP contribution >= 0.6 is 0 Å². The van der Waals surface area contributed by atoms with Crippen LogP contribution in [0.15, 0.2) is 6.20 Å². The van der Waals surface area contributed by atoms with E-state index in [2.05, 4.69) is 10.4 Å². The molecular formula is C10H16F3N3. The van der Waals surface area contributed by atoms with Gasteiger partial charge in [-0.2, -0.15) is 18.3 Å². The highest BCUT2D eigenvalue weighted by molar-refractivity contribution is 5.20. The molecule has 1 N–H and O–H groups in total. The molecule has 92 valence electrons. The lowest BCUT2D eigenvalue weighted by molar-refractivity contribution is -0.144. The Bertz CT molecular complexity index is 331. The number of nitrogens with zero attached hydrogens (tertiary/aromatic N) is 2. The van der Waals surface area contributed by atoms with Crippen LogP contribution in [0.25, 0.3) is 0 Å². The van der Waals surface area contributed by atoms with Crippen molar-refractivity contribution >= 4 is 0 Å². The first-order valence-corrected chi connectivity index (χ1v) is 5.25. The van der Waals surface area contributed by atoms with E-state index in [-0.39, 0.29) is 12.1 Å². The fourth-order valence-corrected chi connectivity index (χ4v) is 1.50. The first kappa shape index (κ1) is 13.0. The van der Waals surface area contributed by atoms with E-state index in [1.165, 1.54) is 13.2 Å². The Morgan fingerprint density at radius 1 is 1.44 bits per heavy atom. The van der Waals surface area contributed by atoms with Crippen LogP contribution in [0.3, 0.4) is 0 Å². The Labute approximate surface area is 92.6 Å². The zero-order valence-corrected chi connectivity index (χ0v) is 9.43. The van der Waals surface area contributed by atoms with Gasteiger partial charge in [0.25, 0.3) is 0 Å². The van der Waals surface area contributed by atoms with Gasteiger partial charge in [0.05, 0.1) is 6.20 Å². The Kier molecular flexibility index (Phi) is 4.35. The Morgan fingerprint density at radius 3 is 2.69 bits per heavy atom. The van der Waals surface area contributed by atoms with Crippen molar-refractivity contribution in [1.29, 1.82) is 0 Å². The second-order valence-corrected chi connectivity index (χ2v) is 3.67. The minimum Gasteiger partial charge on any atom is -0.313 e. The number of aromatic nitrogens is 2. The third kappa shape index (κ3) is 3.23. The van der Waals surface area contributed by atoms with Crippen LogP contribution in [0, 0.1) is 0 Å². The van der Waals surface area contributed by atoms with E-state index < -0.39 is 11.9 Å². The number of rotatable bonds is 5. The number of hydrogen-bond donors (Lipinski definition) is 1. The summed E-state index contributed by atoms with van der Waals surface area (Å²) in [6.45, 7) is 2.97. The summed E-state index contributed by atoms with van der Waals surface area (Å²) in [6, 6.07) is 0. The molecule has 0 amide bonds. The molecule has 0 atom stereocenters. The Balaban J connectivity index is 2.66. The molecule has 0 spiro atoms. The zero-order valence-electron chi connectivity index (χ0n) is 9.43. The minimum atomic E-state index is -4.34. The molecule has 0 unspecified atom stereocenters. The number of hydrogen-bond acceptors (Lipinski definition) is 2. The van der Waals surface area contributed by atoms with Crippen molar-refractivity contribution in [3.63, 3.8) is 0 Å². The van der Waals surface area contributed by atoms with Gasteiger partial charge in [-0.25, -0.2) is 0 Å². The maximum atomic E-state index is 12.6. The van der Waals surface area contributed by atoms with Gasteiger partial charge in [-0.1, -0.05) is 13.3 Å². The van der Waals surface area contributed by atoms with E-state index in [1.807, 2.05) is 6.92 Å². The van der Waals surface area contributed by atoms with Crippen LogP contribution < -0.4 is 5.32 Å². The summed E-state index contributed by atoms with van der Waals surface area (Å²) >= 11 is 0. The third-order valence-electron chi connectivity index (χ3n) is 2.31. The first-order valence-electron chi connectivity index (χ1n) is 5.25. The van der Waals surface area contributed by atoms with Gasteiger partial charge in [0.15, 0.2) is 0 Å². The molecular weight excluding hydrogens is 219 g/mol. The predicted molar refractivity (Wildman–Crippen MR) is 54.8 cm³/mol. The van der Waals surface area contributed by atoms with Gasteiger partial charge in [-0.05, 0) is 13.0 Å². The minimum absolute atomic E-state index is 0.200. The topological polar surface area (TPSA) is 29.9 Å². The molecule has 0 saturated heterocycles. The predicted octanol–water partition coefficient (Wildman–Crippen LogP) is 2.33. The summed E-state index contributed by atoms with van der Waals surface area (Å²) in [4.78, 5) is 0. The van der Waals surface area contributed by atoms with Crippen LogP contribution in [-0.2, 0) is 19.8 Å². The monoisotopic (exact) mass is 235 g/mol. The highest BCUT2D eigenvalue weighted by Gasteiger charge is 2.36. The summed E-state index contributed by atoms with van der Waals surface area (Å²) in [5.74, 6) is 0. The number of unbranched alkanes of at least 4 members (excludes halogenated alkanes) is 1. The molecule has 1 rings (SSSR count). The summed E-state index contributed by atoms with van der Waals surface area (Å²) in [7, 11) is 1.30. The molecule has 0 aliphatic rings. The van der Waals surface area contributed by atoms with Crippen molar-refractivity contribution in [2.24, 2.45) is 7.05 Å². The van der Waals surface area contributed by atoms with Crippen LogP contribution in [0.4, 0.5) is 13.2 Å². The fourth-order valence-electron chi connectivity index (χ4n) is 1.50. The van der Waals surface area contributed by atoms with Crippen LogP contribution in [-0.4, -0.2) is 16.3 Å². The first-order chi connectivity index (χ1) is 7.46. The van der Waals surface area contributed by atoms with Crippen molar-refractivity contribution in [3.05, 3.63) is 17.5 Å². The third-order valence-corrected chi connectivity index (χ3v) is 2.31. The second kappa shape index (κ2) is 5.34. The summed E-state index contributed by atoms with van der Waals surface area (Å²) < 4.78 is 38.8. The molecule has 1 heterocycles. The van der Waals surface area contributed by atoms with Gasteiger partial charge in [-0.3, -0.25) is 4.68 Å². The van der Waals surface area contributed by atoms with Crippen molar-refractivity contribution in [2.75, 3.05) is 6.54 Å². The molecule has 0 radical (unpaired) electrons. The van der Waals surface area contributed by atoms with Gasteiger partial charge in [0.2, 0.25) is 0 Å². The quantitative estimate of drug-likeness (QED) is 0.794. The van der Waals surface area contributed by atoms with Gasteiger partial charge in [0.1, 0.15) is 5.69 Å². The van der Waals surface area contributed by atoms with Gasteiger partial charge in [0, 0.05) is 19.2 Å². The molecule has 3 nitrogen and oxygen atoms in total. The SMILES string of the molecule is CCCCNCc1cnn(C)c1C(F)(F)F. The molecule has 1 aromatic heterocycles. The highest BCUT2D eigenvalue weighted by atomic mass is 19.4. The number of nitrogens with one attached hydrogen (secondary N) is 1. The average molecular weight is 235 g/mol. The van der Waals surface area contributed by atoms with Crippen LogP contribution in [0.2, 0.25) is 0 Å². The largest absolute Gasteiger partial charge is 0.433 e. The molecule has 0 aliphatic carbocycles. The molecule has 16 heavy (non-hydrogen) atoms. The number of halogens is 3. The van der Waals surface area contributed by atoms with E-state index in [9.17, 15) is 13.2 Å². The molecule has 0 bridgehead atoms. The van der Waals surface area contributed by atoms with Gasteiger partial charge >= 0.3 is 6.18 Å². The number of aryl methyl sites for hydroxylation is 1. The number of alkyl halides is 3. The van der Waals surface area contributed by atoms with Gasteiger partial charge < -0.3 is 5.32 Å². The van der Waals surface area contributed by atoms with E-state index in [1.54, 1.807) is 0 Å². The lowest BCUT2D eigenvalue weighted by Crippen LogP contribution is -2.19. The van der Waals surface area contributed by atoms with Crippen LogP contribution in [0.1, 0.15) is 31.0 Å². The molecule has 0 aromatic carbocycles. The van der Waals surface area contributed by atoms with Crippen molar-refractivity contribution in [1.82, 2.24) is 15.1 Å². The normalized spacial score (nSPS) is 12.1. The molecule has 6 heteroatoms. The highest BCUT2D eigenvalue weighted by Crippen LogP contribution is 2.31. The van der Waals surface area contributed by atoms with E-state index >= 15 is 0 Å². The molecule has 0 aliphatic heterocycles. The smallest absolute Gasteiger partial charge is 0.313 e. The maximum absolute atomic E-state index is 12.6. The fraction of sp³-hybridized carbons (Fsp3) is 0.700. The average Bonchev–Trinajstić information content (AvgIpc) is 2.54. The Morgan fingerprint density at radius 2 is 2.12 bits per heavy atom. The van der Waals surface area contributed by atoms with E-state index in [4.69, 9.17) is 0 Å². The molecule has 0 saturated carbocycles. The van der Waals surface area contributed by atoms with E-state index in [0.29, 0.717) is 0 Å². The molecule has 0 fully saturated rings. The lowest BCUT2D eigenvalue weighted by Gasteiger charge is -2.10. The second-order valence-electron chi connectivity index (χ2n) is 3.67. The Hall–Kier alpha value is -1.04.